The molecule has 16 heavy (non-hydrogen) atoms. The Kier molecular flexibility index (Phi) is 3.28. The molecule has 2 rings (SSSR count). The van der Waals surface area contributed by atoms with Gasteiger partial charge in [0.1, 0.15) is 0 Å². The van der Waals surface area contributed by atoms with E-state index in [4.69, 9.17) is 0 Å². The normalized spacial score (nSPS) is 17.3. The Balaban J connectivity index is 2.40. The lowest BCUT2D eigenvalue weighted by molar-refractivity contribution is 0.0694. The number of benzene rings is 1. The summed E-state index contributed by atoms with van der Waals surface area (Å²) >= 11 is 0. The van der Waals surface area contributed by atoms with Gasteiger partial charge in [0.25, 0.3) is 0 Å². The molecule has 1 aromatic carbocycles. The van der Waals surface area contributed by atoms with Crippen LogP contribution in [0.25, 0.3) is 0 Å². The van der Waals surface area contributed by atoms with Gasteiger partial charge in [-0.3, -0.25) is 0 Å². The summed E-state index contributed by atoms with van der Waals surface area (Å²) < 4.78 is 0. The lowest BCUT2D eigenvalue weighted by Crippen LogP contribution is -2.12. The summed E-state index contributed by atoms with van der Waals surface area (Å²) in [6, 6.07) is 5.60. The molecule has 0 spiro atoms. The monoisotopic (exact) mass is 218 g/mol. The van der Waals surface area contributed by atoms with E-state index in [1.165, 1.54) is 19.3 Å². The molecule has 0 radical (unpaired) electrons. The number of aromatic carboxylic acids is 1. The number of rotatable bonds is 2. The third-order valence-electron chi connectivity index (χ3n) is 3.57. The van der Waals surface area contributed by atoms with Gasteiger partial charge in [0.2, 0.25) is 0 Å². The Morgan fingerprint density at radius 1 is 1.25 bits per heavy atom. The standard InChI is InChI=1S/C14H18O2/c1-10-6-5-9-12(14(15)16)13(10)11-7-3-2-4-8-11/h5-6,9,11H,2-4,7-8H2,1H3,(H,15,16). The van der Waals surface area contributed by atoms with Gasteiger partial charge in [-0.2, -0.15) is 0 Å². The van der Waals surface area contributed by atoms with Crippen LogP contribution < -0.4 is 0 Å². The fourth-order valence-corrected chi connectivity index (χ4v) is 2.80. The molecule has 2 heteroatoms. The van der Waals surface area contributed by atoms with Crippen molar-refractivity contribution in [3.05, 3.63) is 34.9 Å². The van der Waals surface area contributed by atoms with Crippen molar-refractivity contribution in [3.63, 3.8) is 0 Å². The van der Waals surface area contributed by atoms with E-state index in [0.717, 1.165) is 24.0 Å². The van der Waals surface area contributed by atoms with Crippen LogP contribution >= 0.6 is 0 Å². The van der Waals surface area contributed by atoms with Crippen molar-refractivity contribution in [2.75, 3.05) is 0 Å². The van der Waals surface area contributed by atoms with E-state index >= 15 is 0 Å². The Morgan fingerprint density at radius 3 is 2.56 bits per heavy atom. The zero-order valence-electron chi connectivity index (χ0n) is 9.70. The van der Waals surface area contributed by atoms with Crippen LogP contribution in [0.15, 0.2) is 18.2 Å². The van der Waals surface area contributed by atoms with E-state index in [1.54, 1.807) is 6.07 Å². The van der Waals surface area contributed by atoms with Gasteiger partial charge in [0.05, 0.1) is 5.56 Å². The molecular formula is C14H18O2. The van der Waals surface area contributed by atoms with Gasteiger partial charge < -0.3 is 5.11 Å². The molecule has 0 bridgehead atoms. The van der Waals surface area contributed by atoms with Crippen LogP contribution in [0, 0.1) is 6.92 Å². The number of carbonyl (C=O) groups is 1. The van der Waals surface area contributed by atoms with Gasteiger partial charge in [-0.15, -0.1) is 0 Å². The van der Waals surface area contributed by atoms with E-state index in [0.29, 0.717) is 11.5 Å². The summed E-state index contributed by atoms with van der Waals surface area (Å²) in [4.78, 5) is 11.2. The first-order chi connectivity index (χ1) is 7.70. The molecule has 1 saturated carbocycles. The molecule has 1 aromatic rings. The van der Waals surface area contributed by atoms with Crippen LogP contribution in [0.1, 0.15) is 59.5 Å². The molecule has 86 valence electrons. The van der Waals surface area contributed by atoms with E-state index in [-0.39, 0.29) is 0 Å². The van der Waals surface area contributed by atoms with Gasteiger partial charge in [0, 0.05) is 0 Å². The number of aryl methyl sites for hydroxylation is 1. The largest absolute Gasteiger partial charge is 0.478 e. The van der Waals surface area contributed by atoms with Crippen molar-refractivity contribution < 1.29 is 9.90 Å². The number of carboxylic acid groups (broad SMARTS) is 1. The highest BCUT2D eigenvalue weighted by Gasteiger charge is 2.22. The average Bonchev–Trinajstić information content (AvgIpc) is 2.29. The Bertz CT molecular complexity index is 390. The van der Waals surface area contributed by atoms with Crippen molar-refractivity contribution in [1.29, 1.82) is 0 Å². The minimum atomic E-state index is -0.788. The second-order valence-electron chi connectivity index (χ2n) is 4.68. The molecule has 0 unspecified atom stereocenters. The molecule has 0 heterocycles. The molecule has 1 aliphatic rings. The summed E-state index contributed by atoms with van der Waals surface area (Å²) in [5.74, 6) is -0.328. The first-order valence-corrected chi connectivity index (χ1v) is 6.03. The van der Waals surface area contributed by atoms with Crippen LogP contribution in [-0.2, 0) is 0 Å². The second kappa shape index (κ2) is 4.69. The summed E-state index contributed by atoms with van der Waals surface area (Å²) in [6.07, 6.45) is 6.05. The second-order valence-corrected chi connectivity index (χ2v) is 4.68. The molecule has 1 aliphatic carbocycles. The topological polar surface area (TPSA) is 37.3 Å². The maximum absolute atomic E-state index is 11.2. The molecule has 0 aromatic heterocycles. The zero-order valence-corrected chi connectivity index (χ0v) is 9.70. The molecule has 1 N–H and O–H groups in total. The molecule has 2 nitrogen and oxygen atoms in total. The summed E-state index contributed by atoms with van der Waals surface area (Å²) in [6.45, 7) is 2.02. The molecule has 0 saturated heterocycles. The summed E-state index contributed by atoms with van der Waals surface area (Å²) in [5.41, 5.74) is 2.72. The van der Waals surface area contributed by atoms with Gasteiger partial charge in [-0.1, -0.05) is 31.4 Å². The predicted octanol–water partition coefficient (Wildman–Crippen LogP) is 3.74. The van der Waals surface area contributed by atoms with Gasteiger partial charge in [0.15, 0.2) is 0 Å². The SMILES string of the molecule is Cc1cccc(C(=O)O)c1C1CCCCC1. The fourth-order valence-electron chi connectivity index (χ4n) is 2.80. The smallest absolute Gasteiger partial charge is 0.335 e. The highest BCUT2D eigenvalue weighted by molar-refractivity contribution is 5.90. The van der Waals surface area contributed by atoms with Crippen molar-refractivity contribution in [3.8, 4) is 0 Å². The molecule has 1 fully saturated rings. The molecule has 0 atom stereocenters. The Labute approximate surface area is 96.3 Å². The first kappa shape index (κ1) is 11.2. The zero-order chi connectivity index (χ0) is 11.5. The Morgan fingerprint density at radius 2 is 1.94 bits per heavy atom. The van der Waals surface area contributed by atoms with E-state index in [1.807, 2.05) is 19.1 Å². The van der Waals surface area contributed by atoms with Crippen LogP contribution in [0.2, 0.25) is 0 Å². The van der Waals surface area contributed by atoms with E-state index in [2.05, 4.69) is 0 Å². The Hall–Kier alpha value is -1.31. The minimum absolute atomic E-state index is 0.459. The lowest BCUT2D eigenvalue weighted by atomic mass is 9.80. The number of hydrogen-bond donors (Lipinski definition) is 1. The average molecular weight is 218 g/mol. The van der Waals surface area contributed by atoms with E-state index < -0.39 is 5.97 Å². The quantitative estimate of drug-likeness (QED) is 0.821. The highest BCUT2D eigenvalue weighted by atomic mass is 16.4. The molecule has 0 aliphatic heterocycles. The van der Waals surface area contributed by atoms with Crippen molar-refractivity contribution in [1.82, 2.24) is 0 Å². The summed E-state index contributed by atoms with van der Waals surface area (Å²) in [7, 11) is 0. The van der Waals surface area contributed by atoms with Crippen LogP contribution in [0.5, 0.6) is 0 Å². The predicted molar refractivity (Wildman–Crippen MR) is 64.0 cm³/mol. The molecule has 0 amide bonds. The van der Waals surface area contributed by atoms with Crippen molar-refractivity contribution >= 4 is 5.97 Å². The summed E-state index contributed by atoms with van der Waals surface area (Å²) in [5, 5.41) is 9.22. The minimum Gasteiger partial charge on any atom is -0.478 e. The number of hydrogen-bond acceptors (Lipinski definition) is 1. The molecular weight excluding hydrogens is 200 g/mol. The maximum atomic E-state index is 11.2. The van der Waals surface area contributed by atoms with Crippen LogP contribution in [0.3, 0.4) is 0 Å². The van der Waals surface area contributed by atoms with Gasteiger partial charge in [-0.25, -0.2) is 4.79 Å². The van der Waals surface area contributed by atoms with E-state index in [9.17, 15) is 9.90 Å². The third-order valence-corrected chi connectivity index (χ3v) is 3.57. The highest BCUT2D eigenvalue weighted by Crippen LogP contribution is 2.36. The van der Waals surface area contributed by atoms with Crippen LogP contribution in [-0.4, -0.2) is 11.1 Å². The van der Waals surface area contributed by atoms with Gasteiger partial charge >= 0.3 is 5.97 Å². The van der Waals surface area contributed by atoms with Gasteiger partial charge in [-0.05, 0) is 42.9 Å². The van der Waals surface area contributed by atoms with Crippen molar-refractivity contribution in [2.24, 2.45) is 0 Å². The maximum Gasteiger partial charge on any atom is 0.335 e. The first-order valence-electron chi connectivity index (χ1n) is 6.03. The fraction of sp³-hybridized carbons (Fsp3) is 0.500. The van der Waals surface area contributed by atoms with Crippen molar-refractivity contribution in [2.45, 2.75) is 44.9 Å². The van der Waals surface area contributed by atoms with Crippen LogP contribution in [0.4, 0.5) is 0 Å². The third kappa shape index (κ3) is 2.11. The number of carboxylic acids is 1. The lowest BCUT2D eigenvalue weighted by Gasteiger charge is -2.25.